The van der Waals surface area contributed by atoms with E-state index in [-0.39, 0.29) is 49.6 Å². The Balaban J connectivity index is 0.983. The first-order valence-corrected chi connectivity index (χ1v) is 17.3. The van der Waals surface area contributed by atoms with Gasteiger partial charge < -0.3 is 10.2 Å². The van der Waals surface area contributed by atoms with E-state index in [0.29, 0.717) is 68.8 Å². The highest BCUT2D eigenvalue weighted by molar-refractivity contribution is 8.27. The van der Waals surface area contributed by atoms with Gasteiger partial charge in [-0.25, -0.2) is 8.78 Å². The Hall–Kier alpha value is -3.50. The van der Waals surface area contributed by atoms with Crippen LogP contribution in [0.15, 0.2) is 58.3 Å². The first-order valence-electron chi connectivity index (χ1n) is 14.9. The fourth-order valence-electron chi connectivity index (χ4n) is 5.09. The highest BCUT2D eigenvalue weighted by Crippen LogP contribution is 2.34. The maximum atomic E-state index is 14.0. The number of nitrogens with one attached hydrogen (secondary N) is 1. The number of piperazine rings is 1. The topological polar surface area (TPSA) is 93.3 Å². The van der Waals surface area contributed by atoms with Gasteiger partial charge in [-0.15, -0.1) is 0 Å². The summed E-state index contributed by atoms with van der Waals surface area (Å²) in [5, 5.41) is 2.87. The van der Waals surface area contributed by atoms with Crippen molar-refractivity contribution in [2.24, 2.45) is 0 Å². The standard InChI is InChI=1S/C32H31F2N5O4S4/c33-23-7-3-1-5-21(23)19-25-29(42)38(31(44)46-25)12-9-27(40)35-11-14-36-15-17-37(18-16-36)28(41)10-13-39-30(43)26(47-32(39)45)20-22-6-2-4-8-24(22)34/h1-8,19-20H,9-18H2,(H,35,40). The number of nitrogens with zero attached hydrogens (tertiary/aromatic N) is 4. The molecule has 0 spiro atoms. The maximum Gasteiger partial charge on any atom is 0.266 e. The number of hydrogen-bond donors (Lipinski definition) is 1. The van der Waals surface area contributed by atoms with Gasteiger partial charge >= 0.3 is 0 Å². The van der Waals surface area contributed by atoms with Crippen LogP contribution < -0.4 is 5.32 Å². The molecule has 2 aromatic rings. The summed E-state index contributed by atoms with van der Waals surface area (Å²) in [6.07, 6.45) is 3.14. The van der Waals surface area contributed by atoms with Gasteiger partial charge in [-0.2, -0.15) is 0 Å². The molecular formula is C32H31F2N5O4S4. The van der Waals surface area contributed by atoms with Gasteiger partial charge in [0.25, 0.3) is 11.8 Å². The number of benzene rings is 2. The monoisotopic (exact) mass is 715 g/mol. The molecule has 0 aliphatic carbocycles. The Kier molecular flexibility index (Phi) is 11.9. The molecule has 47 heavy (non-hydrogen) atoms. The van der Waals surface area contributed by atoms with Crippen molar-refractivity contribution in [3.8, 4) is 0 Å². The molecule has 3 fully saturated rings. The van der Waals surface area contributed by atoms with Crippen LogP contribution in [0.4, 0.5) is 8.78 Å². The number of carbonyl (C=O) groups excluding carboxylic acids is 4. The summed E-state index contributed by atoms with van der Waals surface area (Å²) in [4.78, 5) is 58.3. The fourth-order valence-corrected chi connectivity index (χ4v) is 7.69. The number of hydrogen-bond acceptors (Lipinski definition) is 9. The summed E-state index contributed by atoms with van der Waals surface area (Å²) in [6.45, 7) is 3.61. The summed E-state index contributed by atoms with van der Waals surface area (Å²) in [6, 6.07) is 12.3. The third-order valence-corrected chi connectivity index (χ3v) is 10.5. The van der Waals surface area contributed by atoms with E-state index in [1.807, 2.05) is 0 Å². The zero-order chi connectivity index (χ0) is 33.5. The van der Waals surface area contributed by atoms with E-state index in [1.165, 1.54) is 34.1 Å². The van der Waals surface area contributed by atoms with E-state index in [4.69, 9.17) is 24.4 Å². The first kappa shape index (κ1) is 34.8. The molecule has 1 N–H and O–H groups in total. The third kappa shape index (κ3) is 8.90. The molecule has 0 atom stereocenters. The van der Waals surface area contributed by atoms with Crippen LogP contribution in [0.5, 0.6) is 0 Å². The Bertz CT molecular complexity index is 1660. The molecule has 0 saturated carbocycles. The molecule has 0 unspecified atom stereocenters. The van der Waals surface area contributed by atoms with Crippen molar-refractivity contribution >= 4 is 92.4 Å². The number of carbonyl (C=O) groups is 4. The summed E-state index contributed by atoms with van der Waals surface area (Å²) < 4.78 is 28.7. The van der Waals surface area contributed by atoms with Crippen molar-refractivity contribution in [2.45, 2.75) is 12.8 Å². The minimum Gasteiger partial charge on any atom is -0.355 e. The lowest BCUT2D eigenvalue weighted by Gasteiger charge is -2.35. The zero-order valence-electron chi connectivity index (χ0n) is 25.2. The molecule has 3 heterocycles. The lowest BCUT2D eigenvalue weighted by Crippen LogP contribution is -2.50. The van der Waals surface area contributed by atoms with E-state index in [9.17, 15) is 28.0 Å². The summed E-state index contributed by atoms with van der Waals surface area (Å²) >= 11 is 12.8. The highest BCUT2D eigenvalue weighted by Gasteiger charge is 2.34. The molecule has 9 nitrogen and oxygen atoms in total. The SMILES string of the molecule is O=C(CCN1C(=O)C(=Cc2ccccc2F)SC1=S)NCCN1CCN(C(=O)CCN2C(=O)C(=Cc3ccccc3F)SC2=S)CC1. The van der Waals surface area contributed by atoms with E-state index in [0.717, 1.165) is 23.5 Å². The molecule has 3 aliphatic heterocycles. The van der Waals surface area contributed by atoms with Crippen molar-refractivity contribution in [1.82, 2.24) is 24.9 Å². The van der Waals surface area contributed by atoms with E-state index >= 15 is 0 Å². The largest absolute Gasteiger partial charge is 0.355 e. The van der Waals surface area contributed by atoms with Gasteiger partial charge in [0.2, 0.25) is 11.8 Å². The molecule has 0 aromatic heterocycles. The highest BCUT2D eigenvalue weighted by atomic mass is 32.2. The number of thioether (sulfide) groups is 2. The molecule has 0 bridgehead atoms. The number of rotatable bonds is 11. The quantitative estimate of drug-likeness (QED) is 0.273. The molecule has 15 heteroatoms. The lowest BCUT2D eigenvalue weighted by molar-refractivity contribution is -0.133. The van der Waals surface area contributed by atoms with Crippen molar-refractivity contribution in [1.29, 1.82) is 0 Å². The van der Waals surface area contributed by atoms with Crippen LogP contribution in [0, 0.1) is 11.6 Å². The smallest absolute Gasteiger partial charge is 0.266 e. The average Bonchev–Trinajstić information content (AvgIpc) is 3.48. The van der Waals surface area contributed by atoms with Gasteiger partial charge in [-0.05, 0) is 24.3 Å². The maximum absolute atomic E-state index is 14.0. The molecule has 0 radical (unpaired) electrons. The first-order chi connectivity index (χ1) is 22.6. The molecule has 3 saturated heterocycles. The normalized spacial score (nSPS) is 19.1. The summed E-state index contributed by atoms with van der Waals surface area (Å²) in [7, 11) is 0. The molecule has 3 aliphatic rings. The Labute approximate surface area is 290 Å². The Morgan fingerprint density at radius 2 is 1.23 bits per heavy atom. The van der Waals surface area contributed by atoms with Crippen molar-refractivity contribution in [2.75, 3.05) is 52.4 Å². The van der Waals surface area contributed by atoms with Crippen LogP contribution in [0.2, 0.25) is 0 Å². The van der Waals surface area contributed by atoms with Crippen LogP contribution >= 0.6 is 48.0 Å². The fraction of sp³-hybridized carbons (Fsp3) is 0.312. The van der Waals surface area contributed by atoms with Crippen LogP contribution in [0.25, 0.3) is 12.2 Å². The third-order valence-electron chi connectivity index (χ3n) is 7.72. The molecule has 2 aromatic carbocycles. The average molecular weight is 716 g/mol. The van der Waals surface area contributed by atoms with Gasteiger partial charge in [-0.1, -0.05) is 84.4 Å². The second-order valence-electron chi connectivity index (χ2n) is 10.8. The van der Waals surface area contributed by atoms with Crippen LogP contribution in [0.3, 0.4) is 0 Å². The van der Waals surface area contributed by atoms with Gasteiger partial charge in [-0.3, -0.25) is 33.9 Å². The van der Waals surface area contributed by atoms with Gasteiger partial charge in [0.1, 0.15) is 20.3 Å². The van der Waals surface area contributed by atoms with Crippen LogP contribution in [0.1, 0.15) is 24.0 Å². The number of amides is 4. The second-order valence-corrected chi connectivity index (χ2v) is 14.1. The van der Waals surface area contributed by atoms with E-state index in [1.54, 1.807) is 41.3 Å². The zero-order valence-corrected chi connectivity index (χ0v) is 28.4. The molecule has 246 valence electrons. The minimum atomic E-state index is -0.434. The van der Waals surface area contributed by atoms with E-state index in [2.05, 4.69) is 10.2 Å². The van der Waals surface area contributed by atoms with Crippen LogP contribution in [-0.4, -0.2) is 104 Å². The molecule has 5 rings (SSSR count). The number of thiocarbonyl (C=S) groups is 2. The van der Waals surface area contributed by atoms with E-state index < -0.39 is 11.6 Å². The van der Waals surface area contributed by atoms with Crippen molar-refractivity contribution in [3.05, 3.63) is 81.1 Å². The Morgan fingerprint density at radius 1 is 0.745 bits per heavy atom. The Morgan fingerprint density at radius 3 is 1.74 bits per heavy atom. The van der Waals surface area contributed by atoms with Crippen molar-refractivity contribution < 1.29 is 28.0 Å². The number of halogens is 2. The molecule has 4 amide bonds. The predicted octanol–water partition coefficient (Wildman–Crippen LogP) is 4.11. The predicted molar refractivity (Wildman–Crippen MR) is 188 cm³/mol. The van der Waals surface area contributed by atoms with Crippen molar-refractivity contribution in [3.63, 3.8) is 0 Å². The second kappa shape index (κ2) is 16.1. The van der Waals surface area contributed by atoms with Gasteiger partial charge in [0.05, 0.1) is 9.81 Å². The molecular weight excluding hydrogens is 685 g/mol. The van der Waals surface area contributed by atoms with Gasteiger partial charge in [0, 0.05) is 76.3 Å². The summed E-state index contributed by atoms with van der Waals surface area (Å²) in [5.41, 5.74) is 0.596. The summed E-state index contributed by atoms with van der Waals surface area (Å²) in [5.74, 6) is -1.84. The van der Waals surface area contributed by atoms with Gasteiger partial charge in [0.15, 0.2) is 0 Å². The lowest BCUT2D eigenvalue weighted by atomic mass is 10.2. The van der Waals surface area contributed by atoms with Crippen LogP contribution in [-0.2, 0) is 19.2 Å². The minimum absolute atomic E-state index is 0.0730.